The Kier molecular flexibility index (Phi) is 6.05. The molecule has 3 nitrogen and oxygen atoms in total. The number of hydrogen-bond acceptors (Lipinski definition) is 3. The van der Waals surface area contributed by atoms with E-state index in [0.29, 0.717) is 24.8 Å². The van der Waals surface area contributed by atoms with Gasteiger partial charge in [0.15, 0.2) is 0 Å². The average Bonchev–Trinajstić information content (AvgIpc) is 2.94. The molecular weight excluding hydrogens is 268 g/mol. The van der Waals surface area contributed by atoms with E-state index in [1.165, 1.54) is 22.6 Å². The highest BCUT2D eigenvalue weighted by Crippen LogP contribution is 2.24. The van der Waals surface area contributed by atoms with Crippen LogP contribution >= 0.6 is 11.3 Å². The van der Waals surface area contributed by atoms with Crippen LogP contribution < -0.4 is 10.6 Å². The maximum absolute atomic E-state index is 12.0. The molecule has 20 heavy (non-hydrogen) atoms. The molecule has 0 bridgehead atoms. The average molecular weight is 294 g/mol. The zero-order valence-corrected chi connectivity index (χ0v) is 13.4. The standard InChI is InChI=1S/C16H26N2OS/c1-3-14-4-5-15(20-14)11-18-16(19)10-12(2)13-6-8-17-9-7-13/h4-5,12-13,17H,3,6-11H2,1-2H3,(H,18,19). The summed E-state index contributed by atoms with van der Waals surface area (Å²) >= 11 is 1.80. The van der Waals surface area contributed by atoms with E-state index in [-0.39, 0.29) is 5.91 Å². The minimum Gasteiger partial charge on any atom is -0.351 e. The number of nitrogens with one attached hydrogen (secondary N) is 2. The second-order valence-corrected chi connectivity index (χ2v) is 7.02. The summed E-state index contributed by atoms with van der Waals surface area (Å²) in [6.07, 6.45) is 4.15. The van der Waals surface area contributed by atoms with Crippen LogP contribution in [0.1, 0.15) is 42.9 Å². The molecular formula is C16H26N2OS. The van der Waals surface area contributed by atoms with Crippen LogP contribution in [0.15, 0.2) is 12.1 Å². The highest BCUT2D eigenvalue weighted by molar-refractivity contribution is 7.11. The van der Waals surface area contributed by atoms with Crippen molar-refractivity contribution < 1.29 is 4.79 Å². The van der Waals surface area contributed by atoms with Gasteiger partial charge in [0.2, 0.25) is 5.91 Å². The number of aryl methyl sites for hydroxylation is 1. The predicted octanol–water partition coefficient (Wildman–Crippen LogP) is 2.95. The lowest BCUT2D eigenvalue weighted by molar-refractivity contribution is -0.122. The zero-order chi connectivity index (χ0) is 14.4. The lowest BCUT2D eigenvalue weighted by Crippen LogP contribution is -2.33. The van der Waals surface area contributed by atoms with E-state index < -0.39 is 0 Å². The van der Waals surface area contributed by atoms with Crippen LogP contribution in [-0.4, -0.2) is 19.0 Å². The number of hydrogen-bond donors (Lipinski definition) is 2. The van der Waals surface area contributed by atoms with Gasteiger partial charge in [0, 0.05) is 16.2 Å². The van der Waals surface area contributed by atoms with Crippen molar-refractivity contribution >= 4 is 17.2 Å². The van der Waals surface area contributed by atoms with Crippen LogP contribution in [0.3, 0.4) is 0 Å². The molecule has 1 fully saturated rings. The van der Waals surface area contributed by atoms with E-state index >= 15 is 0 Å². The van der Waals surface area contributed by atoms with E-state index in [9.17, 15) is 4.79 Å². The molecule has 1 aliphatic rings. The highest BCUT2D eigenvalue weighted by Gasteiger charge is 2.21. The molecule has 1 amide bonds. The summed E-state index contributed by atoms with van der Waals surface area (Å²) in [6, 6.07) is 4.28. The minimum atomic E-state index is 0.197. The Morgan fingerprint density at radius 1 is 1.40 bits per heavy atom. The Morgan fingerprint density at radius 2 is 2.10 bits per heavy atom. The first kappa shape index (κ1) is 15.5. The van der Waals surface area contributed by atoms with Gasteiger partial charge >= 0.3 is 0 Å². The maximum atomic E-state index is 12.0. The van der Waals surface area contributed by atoms with Crippen LogP contribution in [0.2, 0.25) is 0 Å². The molecule has 1 aliphatic heterocycles. The van der Waals surface area contributed by atoms with Crippen LogP contribution in [-0.2, 0) is 17.8 Å². The van der Waals surface area contributed by atoms with Crippen molar-refractivity contribution in [2.45, 2.75) is 46.1 Å². The van der Waals surface area contributed by atoms with Gasteiger partial charge in [-0.2, -0.15) is 0 Å². The van der Waals surface area contributed by atoms with Crippen molar-refractivity contribution in [3.05, 3.63) is 21.9 Å². The summed E-state index contributed by atoms with van der Waals surface area (Å²) in [5.41, 5.74) is 0. The maximum Gasteiger partial charge on any atom is 0.220 e. The third kappa shape index (κ3) is 4.60. The number of carbonyl (C=O) groups excluding carboxylic acids is 1. The first-order valence-electron chi connectivity index (χ1n) is 7.74. The van der Waals surface area contributed by atoms with Crippen molar-refractivity contribution in [1.29, 1.82) is 0 Å². The van der Waals surface area contributed by atoms with Gasteiger partial charge in [0.1, 0.15) is 0 Å². The van der Waals surface area contributed by atoms with Gasteiger partial charge < -0.3 is 10.6 Å². The van der Waals surface area contributed by atoms with E-state index in [1.807, 2.05) is 0 Å². The predicted molar refractivity (Wildman–Crippen MR) is 84.9 cm³/mol. The van der Waals surface area contributed by atoms with Crippen molar-refractivity contribution in [2.75, 3.05) is 13.1 Å². The fourth-order valence-corrected chi connectivity index (χ4v) is 3.74. The second kappa shape index (κ2) is 7.79. The number of piperidine rings is 1. The number of carbonyl (C=O) groups is 1. The van der Waals surface area contributed by atoms with Crippen molar-refractivity contribution in [2.24, 2.45) is 11.8 Å². The molecule has 1 aromatic rings. The molecule has 2 heterocycles. The Balaban J connectivity index is 1.71. The smallest absolute Gasteiger partial charge is 0.220 e. The lowest BCUT2D eigenvalue weighted by atomic mass is 9.84. The SMILES string of the molecule is CCc1ccc(CNC(=O)CC(C)C2CCNCC2)s1. The van der Waals surface area contributed by atoms with Gasteiger partial charge in [-0.1, -0.05) is 13.8 Å². The van der Waals surface area contributed by atoms with E-state index in [1.54, 1.807) is 11.3 Å². The first-order chi connectivity index (χ1) is 9.69. The molecule has 1 atom stereocenters. The van der Waals surface area contributed by atoms with Gasteiger partial charge in [0.05, 0.1) is 6.54 Å². The van der Waals surface area contributed by atoms with Gasteiger partial charge in [-0.05, 0) is 56.3 Å². The van der Waals surface area contributed by atoms with Crippen molar-refractivity contribution in [3.63, 3.8) is 0 Å². The van der Waals surface area contributed by atoms with Crippen LogP contribution in [0.25, 0.3) is 0 Å². The zero-order valence-electron chi connectivity index (χ0n) is 12.6. The molecule has 1 aromatic heterocycles. The highest BCUT2D eigenvalue weighted by atomic mass is 32.1. The lowest BCUT2D eigenvalue weighted by Gasteiger charge is -2.27. The topological polar surface area (TPSA) is 41.1 Å². The van der Waals surface area contributed by atoms with Crippen LogP contribution in [0.4, 0.5) is 0 Å². The van der Waals surface area contributed by atoms with Gasteiger partial charge in [-0.25, -0.2) is 0 Å². The molecule has 0 radical (unpaired) electrons. The van der Waals surface area contributed by atoms with Gasteiger partial charge in [-0.3, -0.25) is 4.79 Å². The van der Waals surface area contributed by atoms with Gasteiger partial charge in [0.25, 0.3) is 0 Å². The van der Waals surface area contributed by atoms with Crippen LogP contribution in [0, 0.1) is 11.8 Å². The molecule has 2 N–H and O–H groups in total. The molecule has 112 valence electrons. The summed E-state index contributed by atoms with van der Waals surface area (Å²) < 4.78 is 0. The summed E-state index contributed by atoms with van der Waals surface area (Å²) in [5.74, 6) is 1.39. The molecule has 1 unspecified atom stereocenters. The Bertz CT molecular complexity index is 424. The number of amides is 1. The summed E-state index contributed by atoms with van der Waals surface area (Å²) in [7, 11) is 0. The largest absolute Gasteiger partial charge is 0.351 e. The number of rotatable bonds is 6. The molecule has 0 spiro atoms. The first-order valence-corrected chi connectivity index (χ1v) is 8.55. The monoisotopic (exact) mass is 294 g/mol. The Labute approximate surface area is 126 Å². The summed E-state index contributed by atoms with van der Waals surface area (Å²) in [5, 5.41) is 6.44. The second-order valence-electron chi connectivity index (χ2n) is 5.77. The van der Waals surface area contributed by atoms with E-state index in [4.69, 9.17) is 0 Å². The molecule has 2 rings (SSSR count). The van der Waals surface area contributed by atoms with E-state index in [2.05, 4.69) is 36.6 Å². The van der Waals surface area contributed by atoms with Crippen molar-refractivity contribution in [3.8, 4) is 0 Å². The normalized spacial score (nSPS) is 17.9. The van der Waals surface area contributed by atoms with E-state index in [0.717, 1.165) is 19.5 Å². The third-order valence-corrected chi connectivity index (χ3v) is 5.45. The van der Waals surface area contributed by atoms with Gasteiger partial charge in [-0.15, -0.1) is 11.3 Å². The summed E-state index contributed by atoms with van der Waals surface area (Å²) in [4.78, 5) is 14.7. The third-order valence-electron chi connectivity index (χ3n) is 4.22. The molecule has 4 heteroatoms. The number of thiophene rings is 1. The van der Waals surface area contributed by atoms with Crippen molar-refractivity contribution in [1.82, 2.24) is 10.6 Å². The quantitative estimate of drug-likeness (QED) is 0.847. The fourth-order valence-electron chi connectivity index (χ4n) is 2.84. The van der Waals surface area contributed by atoms with Crippen LogP contribution in [0.5, 0.6) is 0 Å². The molecule has 1 saturated heterocycles. The Hall–Kier alpha value is -0.870. The molecule has 0 aliphatic carbocycles. The summed E-state index contributed by atoms with van der Waals surface area (Å²) in [6.45, 7) is 7.27. The molecule has 0 aromatic carbocycles. The fraction of sp³-hybridized carbons (Fsp3) is 0.688. The molecule has 0 saturated carbocycles. The Morgan fingerprint density at radius 3 is 2.75 bits per heavy atom. The minimum absolute atomic E-state index is 0.197.